The monoisotopic (exact) mass is 339 g/mol. The molecule has 1 heterocycles. The summed E-state index contributed by atoms with van der Waals surface area (Å²) in [5.74, 6) is -1.10. The number of likely N-dealkylation sites (tertiary alicyclic amines) is 1. The van der Waals surface area contributed by atoms with Gasteiger partial charge in [0.05, 0.1) is 0 Å². The lowest BCUT2D eigenvalue weighted by atomic mass is 9.97. The van der Waals surface area contributed by atoms with Gasteiger partial charge in [0.25, 0.3) is 0 Å². The number of ether oxygens (including phenoxy) is 1. The first-order chi connectivity index (χ1) is 12.1. The summed E-state index contributed by atoms with van der Waals surface area (Å²) < 4.78 is 5.48. The normalized spacial score (nSPS) is 21.8. The van der Waals surface area contributed by atoms with Crippen molar-refractivity contribution in [2.45, 2.75) is 24.8 Å². The number of amides is 1. The van der Waals surface area contributed by atoms with Crippen LogP contribution < -0.4 is 0 Å². The molecule has 130 valence electrons. The van der Waals surface area contributed by atoms with Crippen LogP contribution in [-0.4, -0.2) is 41.3 Å². The average molecular weight is 339 g/mol. The Morgan fingerprint density at radius 1 is 1.28 bits per heavy atom. The number of rotatable bonds is 5. The minimum absolute atomic E-state index is 0.114. The molecule has 1 aromatic rings. The van der Waals surface area contributed by atoms with Crippen molar-refractivity contribution >= 4 is 17.6 Å². The lowest BCUT2D eigenvalue weighted by Crippen LogP contribution is -2.41. The number of carbonyl (C=O) groups is 2. The molecule has 0 bridgehead atoms. The van der Waals surface area contributed by atoms with Gasteiger partial charge in [-0.3, -0.25) is 4.90 Å². The number of hydrogen-bond donors (Lipinski definition) is 1. The summed E-state index contributed by atoms with van der Waals surface area (Å²) in [6.45, 7) is 8.32. The molecular formula is C20H21NO4. The summed E-state index contributed by atoms with van der Waals surface area (Å²) in [5, 5.41) is 9.21. The Morgan fingerprint density at radius 3 is 2.72 bits per heavy atom. The van der Waals surface area contributed by atoms with Gasteiger partial charge in [0, 0.05) is 12.5 Å². The predicted octanol–water partition coefficient (Wildman–Crippen LogP) is 3.60. The Balaban J connectivity index is 1.77. The summed E-state index contributed by atoms with van der Waals surface area (Å²) in [7, 11) is 0. The number of carbonyl (C=O) groups excluding carboxylic acids is 1. The summed E-state index contributed by atoms with van der Waals surface area (Å²) >= 11 is 0. The molecule has 2 aliphatic rings. The molecule has 5 nitrogen and oxygen atoms in total. The maximum atomic E-state index is 12.4. The first-order valence-corrected chi connectivity index (χ1v) is 8.33. The summed E-state index contributed by atoms with van der Waals surface area (Å²) in [4.78, 5) is 24.9. The van der Waals surface area contributed by atoms with Gasteiger partial charge in [-0.05, 0) is 35.1 Å². The van der Waals surface area contributed by atoms with E-state index in [1.165, 1.54) is 4.90 Å². The third-order valence-electron chi connectivity index (χ3n) is 4.88. The SMILES string of the molecule is C=CC1=C(C=C)C(COC(=O)N2CCCC2C(=O)O)c2ccccc21. The van der Waals surface area contributed by atoms with Crippen LogP contribution >= 0.6 is 0 Å². The average Bonchev–Trinajstić information content (AvgIpc) is 3.22. The Hall–Kier alpha value is -2.82. The Bertz CT molecular complexity index is 765. The van der Waals surface area contributed by atoms with Crippen LogP contribution in [0.5, 0.6) is 0 Å². The van der Waals surface area contributed by atoms with Crippen molar-refractivity contribution in [2.75, 3.05) is 13.2 Å². The number of carboxylic acid groups (broad SMARTS) is 1. The van der Waals surface area contributed by atoms with Gasteiger partial charge >= 0.3 is 12.1 Å². The summed E-state index contributed by atoms with van der Waals surface area (Å²) in [6, 6.07) is 7.13. The zero-order chi connectivity index (χ0) is 18.0. The second kappa shape index (κ2) is 6.97. The molecule has 0 aromatic heterocycles. The van der Waals surface area contributed by atoms with Gasteiger partial charge in [0.15, 0.2) is 0 Å². The largest absolute Gasteiger partial charge is 0.480 e. The quantitative estimate of drug-likeness (QED) is 0.890. The van der Waals surface area contributed by atoms with Crippen molar-refractivity contribution in [1.29, 1.82) is 0 Å². The maximum Gasteiger partial charge on any atom is 0.410 e. The van der Waals surface area contributed by atoms with Gasteiger partial charge in [0.2, 0.25) is 0 Å². The van der Waals surface area contributed by atoms with Crippen LogP contribution in [0.4, 0.5) is 4.79 Å². The van der Waals surface area contributed by atoms with E-state index < -0.39 is 18.1 Å². The van der Waals surface area contributed by atoms with Gasteiger partial charge in [-0.25, -0.2) is 9.59 Å². The van der Waals surface area contributed by atoms with E-state index in [0.717, 1.165) is 22.3 Å². The van der Waals surface area contributed by atoms with E-state index in [4.69, 9.17) is 4.74 Å². The Labute approximate surface area is 146 Å². The minimum atomic E-state index is -0.985. The highest BCUT2D eigenvalue weighted by molar-refractivity contribution is 5.86. The number of aliphatic carboxylic acids is 1. The van der Waals surface area contributed by atoms with E-state index in [1.807, 2.05) is 24.3 Å². The zero-order valence-corrected chi connectivity index (χ0v) is 14.0. The van der Waals surface area contributed by atoms with Crippen molar-refractivity contribution in [1.82, 2.24) is 4.90 Å². The molecule has 2 atom stereocenters. The molecular weight excluding hydrogens is 318 g/mol. The van der Waals surface area contributed by atoms with Crippen LogP contribution in [0.1, 0.15) is 29.9 Å². The molecule has 1 amide bonds. The van der Waals surface area contributed by atoms with E-state index >= 15 is 0 Å². The number of carboxylic acids is 1. The van der Waals surface area contributed by atoms with Gasteiger partial charge < -0.3 is 9.84 Å². The lowest BCUT2D eigenvalue weighted by Gasteiger charge is -2.22. The van der Waals surface area contributed by atoms with Gasteiger partial charge in [-0.2, -0.15) is 0 Å². The summed E-state index contributed by atoms with van der Waals surface area (Å²) in [5.41, 5.74) is 4.10. The molecule has 1 fully saturated rings. The molecule has 2 unspecified atom stereocenters. The number of nitrogens with zero attached hydrogens (tertiary/aromatic N) is 1. The molecule has 3 rings (SSSR count). The van der Waals surface area contributed by atoms with Crippen molar-refractivity contribution in [3.63, 3.8) is 0 Å². The van der Waals surface area contributed by atoms with E-state index in [1.54, 1.807) is 12.2 Å². The van der Waals surface area contributed by atoms with Crippen LogP contribution in [0.3, 0.4) is 0 Å². The number of hydrogen-bond acceptors (Lipinski definition) is 3. The van der Waals surface area contributed by atoms with Crippen LogP contribution in [0, 0.1) is 0 Å². The van der Waals surface area contributed by atoms with Crippen molar-refractivity contribution in [2.24, 2.45) is 0 Å². The second-order valence-corrected chi connectivity index (χ2v) is 6.18. The number of allylic oxidation sites excluding steroid dienone is 3. The first-order valence-electron chi connectivity index (χ1n) is 8.33. The topological polar surface area (TPSA) is 66.8 Å². The molecule has 0 spiro atoms. The zero-order valence-electron chi connectivity index (χ0n) is 14.0. The minimum Gasteiger partial charge on any atom is -0.480 e. The Morgan fingerprint density at radius 2 is 2.04 bits per heavy atom. The highest BCUT2D eigenvalue weighted by Gasteiger charge is 2.36. The van der Waals surface area contributed by atoms with E-state index in [9.17, 15) is 14.7 Å². The molecule has 25 heavy (non-hydrogen) atoms. The van der Waals surface area contributed by atoms with Crippen LogP contribution in [-0.2, 0) is 9.53 Å². The molecule has 1 aliphatic heterocycles. The number of fused-ring (bicyclic) bond motifs is 1. The van der Waals surface area contributed by atoms with Gasteiger partial charge in [0.1, 0.15) is 12.6 Å². The highest BCUT2D eigenvalue weighted by atomic mass is 16.6. The van der Waals surface area contributed by atoms with E-state index in [2.05, 4.69) is 13.2 Å². The maximum absolute atomic E-state index is 12.4. The van der Waals surface area contributed by atoms with Crippen LogP contribution in [0.2, 0.25) is 0 Å². The molecule has 1 saturated heterocycles. The fourth-order valence-corrected chi connectivity index (χ4v) is 3.70. The van der Waals surface area contributed by atoms with Crippen molar-refractivity contribution in [3.8, 4) is 0 Å². The van der Waals surface area contributed by atoms with Gasteiger partial charge in [-0.1, -0.05) is 49.6 Å². The number of benzene rings is 1. The van der Waals surface area contributed by atoms with Gasteiger partial charge in [-0.15, -0.1) is 0 Å². The van der Waals surface area contributed by atoms with Crippen molar-refractivity contribution < 1.29 is 19.4 Å². The smallest absolute Gasteiger partial charge is 0.410 e. The fraction of sp³-hybridized carbons (Fsp3) is 0.300. The lowest BCUT2D eigenvalue weighted by molar-refractivity contribution is -0.141. The third kappa shape index (κ3) is 2.97. The summed E-state index contributed by atoms with van der Waals surface area (Å²) in [6.07, 6.45) is 4.13. The van der Waals surface area contributed by atoms with Crippen molar-refractivity contribution in [3.05, 3.63) is 66.3 Å². The highest BCUT2D eigenvalue weighted by Crippen LogP contribution is 2.43. The first kappa shape index (κ1) is 17.0. The molecule has 0 radical (unpaired) electrons. The standard InChI is InChI=1S/C20H21NO4/c1-3-13-14(4-2)17(16-9-6-5-8-15(13)16)12-25-20(24)21-11-7-10-18(21)19(22)23/h3-6,8-9,17-18H,1-2,7,10-12H2,(H,22,23). The molecule has 1 aromatic carbocycles. The Kier molecular flexibility index (Phi) is 4.74. The second-order valence-electron chi connectivity index (χ2n) is 6.18. The van der Waals surface area contributed by atoms with E-state index in [-0.39, 0.29) is 12.5 Å². The third-order valence-corrected chi connectivity index (χ3v) is 4.88. The van der Waals surface area contributed by atoms with E-state index in [0.29, 0.717) is 19.4 Å². The molecule has 5 heteroatoms. The fourth-order valence-electron chi connectivity index (χ4n) is 3.70. The van der Waals surface area contributed by atoms with Crippen LogP contribution in [0.15, 0.2) is 55.1 Å². The molecule has 1 N–H and O–H groups in total. The molecule has 0 saturated carbocycles. The van der Waals surface area contributed by atoms with Crippen LogP contribution in [0.25, 0.3) is 5.57 Å². The predicted molar refractivity (Wildman–Crippen MR) is 95.2 cm³/mol. The molecule has 1 aliphatic carbocycles.